The highest BCUT2D eigenvalue weighted by atomic mass is 16.5. The SMILES string of the molecule is CCOC(=O)c1n[nH]c2c1C(C)CCC2C(C)C. The van der Waals surface area contributed by atoms with E-state index in [1.54, 1.807) is 0 Å². The van der Waals surface area contributed by atoms with E-state index < -0.39 is 0 Å². The largest absolute Gasteiger partial charge is 0.461 e. The number of hydrogen-bond acceptors (Lipinski definition) is 3. The minimum absolute atomic E-state index is 0.300. The molecule has 1 aromatic heterocycles. The second kappa shape index (κ2) is 5.12. The third-order valence-electron chi connectivity index (χ3n) is 3.88. The van der Waals surface area contributed by atoms with Gasteiger partial charge in [-0.2, -0.15) is 5.10 Å². The Hall–Kier alpha value is -1.32. The Bertz CT molecular complexity index is 437. The number of carbonyl (C=O) groups excluding carboxylic acids is 1. The summed E-state index contributed by atoms with van der Waals surface area (Å²) in [7, 11) is 0. The second-order valence-electron chi connectivity index (χ2n) is 5.45. The molecule has 1 aromatic rings. The summed E-state index contributed by atoms with van der Waals surface area (Å²) in [6.45, 7) is 8.80. The van der Waals surface area contributed by atoms with Crippen molar-refractivity contribution >= 4 is 5.97 Å². The van der Waals surface area contributed by atoms with Crippen molar-refractivity contribution in [2.24, 2.45) is 5.92 Å². The highest BCUT2D eigenvalue weighted by molar-refractivity contribution is 5.89. The van der Waals surface area contributed by atoms with Gasteiger partial charge in [0.15, 0.2) is 5.69 Å². The predicted molar refractivity (Wildman–Crippen MR) is 69.8 cm³/mol. The molecule has 0 radical (unpaired) electrons. The Morgan fingerprint density at radius 2 is 2.22 bits per heavy atom. The molecule has 2 rings (SSSR count). The van der Waals surface area contributed by atoms with Crippen molar-refractivity contribution in [3.8, 4) is 0 Å². The van der Waals surface area contributed by atoms with Crippen LogP contribution in [-0.4, -0.2) is 22.8 Å². The van der Waals surface area contributed by atoms with Gasteiger partial charge in [0, 0.05) is 17.2 Å². The van der Waals surface area contributed by atoms with E-state index in [0.717, 1.165) is 24.1 Å². The fourth-order valence-electron chi connectivity index (χ4n) is 2.89. The summed E-state index contributed by atoms with van der Waals surface area (Å²) >= 11 is 0. The number of fused-ring (bicyclic) bond motifs is 1. The lowest BCUT2D eigenvalue weighted by molar-refractivity contribution is 0.0517. The summed E-state index contributed by atoms with van der Waals surface area (Å²) in [4.78, 5) is 11.9. The van der Waals surface area contributed by atoms with Crippen LogP contribution in [0.2, 0.25) is 0 Å². The molecule has 1 heterocycles. The maximum Gasteiger partial charge on any atom is 0.359 e. The van der Waals surface area contributed by atoms with Gasteiger partial charge in [0.1, 0.15) is 0 Å². The summed E-state index contributed by atoms with van der Waals surface area (Å²) in [6, 6.07) is 0. The molecule has 0 saturated heterocycles. The summed E-state index contributed by atoms with van der Waals surface area (Å²) in [5.74, 6) is 1.12. The van der Waals surface area contributed by atoms with Crippen LogP contribution in [0.1, 0.15) is 74.1 Å². The Kier molecular flexibility index (Phi) is 3.73. The van der Waals surface area contributed by atoms with Crippen LogP contribution in [0.25, 0.3) is 0 Å². The summed E-state index contributed by atoms with van der Waals surface area (Å²) in [5.41, 5.74) is 2.72. The minimum Gasteiger partial charge on any atom is -0.461 e. The minimum atomic E-state index is -0.300. The van der Waals surface area contributed by atoms with Crippen LogP contribution < -0.4 is 0 Å². The first-order valence-electron chi connectivity index (χ1n) is 6.81. The smallest absolute Gasteiger partial charge is 0.359 e. The molecule has 100 valence electrons. The number of H-pyrrole nitrogens is 1. The lowest BCUT2D eigenvalue weighted by Crippen LogP contribution is -2.18. The van der Waals surface area contributed by atoms with E-state index in [-0.39, 0.29) is 5.97 Å². The van der Waals surface area contributed by atoms with Crippen molar-refractivity contribution in [3.05, 3.63) is 17.0 Å². The zero-order chi connectivity index (χ0) is 13.3. The number of rotatable bonds is 3. The molecule has 0 fully saturated rings. The van der Waals surface area contributed by atoms with Gasteiger partial charge >= 0.3 is 5.97 Å². The molecule has 1 aliphatic rings. The molecule has 2 atom stereocenters. The summed E-state index contributed by atoms with van der Waals surface area (Å²) < 4.78 is 5.07. The molecule has 0 bridgehead atoms. The van der Waals surface area contributed by atoms with Gasteiger partial charge in [0.05, 0.1) is 6.61 Å². The van der Waals surface area contributed by atoms with E-state index in [1.807, 2.05) is 6.92 Å². The highest BCUT2D eigenvalue weighted by Gasteiger charge is 2.33. The first kappa shape index (κ1) is 13.1. The Morgan fingerprint density at radius 1 is 1.50 bits per heavy atom. The molecule has 1 N–H and O–H groups in total. The van der Waals surface area contributed by atoms with Gasteiger partial charge in [-0.1, -0.05) is 20.8 Å². The van der Waals surface area contributed by atoms with Crippen LogP contribution in [0.5, 0.6) is 0 Å². The fourth-order valence-corrected chi connectivity index (χ4v) is 2.89. The molecule has 0 aromatic carbocycles. The highest BCUT2D eigenvalue weighted by Crippen LogP contribution is 2.42. The van der Waals surface area contributed by atoms with E-state index >= 15 is 0 Å². The number of nitrogens with zero attached hydrogens (tertiary/aromatic N) is 1. The molecule has 0 saturated carbocycles. The molecule has 4 nitrogen and oxygen atoms in total. The van der Waals surface area contributed by atoms with Crippen LogP contribution in [0, 0.1) is 5.92 Å². The Balaban J connectivity index is 2.39. The normalized spacial score (nSPS) is 22.9. The Labute approximate surface area is 108 Å². The molecule has 18 heavy (non-hydrogen) atoms. The van der Waals surface area contributed by atoms with Gasteiger partial charge in [-0.3, -0.25) is 5.10 Å². The number of carbonyl (C=O) groups is 1. The maximum atomic E-state index is 11.9. The molecule has 0 spiro atoms. The van der Waals surface area contributed by atoms with Gasteiger partial charge in [-0.25, -0.2) is 4.79 Å². The second-order valence-corrected chi connectivity index (χ2v) is 5.45. The van der Waals surface area contributed by atoms with Crippen LogP contribution >= 0.6 is 0 Å². The zero-order valence-corrected chi connectivity index (χ0v) is 11.6. The molecule has 4 heteroatoms. The van der Waals surface area contributed by atoms with Crippen LogP contribution in [0.4, 0.5) is 0 Å². The first-order valence-corrected chi connectivity index (χ1v) is 6.81. The average Bonchev–Trinajstić information content (AvgIpc) is 2.74. The molecule has 0 amide bonds. The number of ether oxygens (including phenoxy) is 1. The first-order chi connectivity index (χ1) is 8.56. The molecule has 0 aliphatic heterocycles. The van der Waals surface area contributed by atoms with Gasteiger partial charge in [-0.05, 0) is 31.6 Å². The lowest BCUT2D eigenvalue weighted by Gasteiger charge is -2.29. The van der Waals surface area contributed by atoms with E-state index in [0.29, 0.717) is 30.1 Å². The predicted octanol–water partition coefficient (Wildman–Crippen LogP) is 3.22. The lowest BCUT2D eigenvalue weighted by atomic mass is 9.76. The quantitative estimate of drug-likeness (QED) is 0.838. The van der Waals surface area contributed by atoms with Crippen molar-refractivity contribution in [1.82, 2.24) is 10.2 Å². The van der Waals surface area contributed by atoms with Crippen LogP contribution in [0.3, 0.4) is 0 Å². The van der Waals surface area contributed by atoms with Gasteiger partial charge in [-0.15, -0.1) is 0 Å². The third-order valence-corrected chi connectivity index (χ3v) is 3.88. The van der Waals surface area contributed by atoms with E-state index in [9.17, 15) is 4.79 Å². The van der Waals surface area contributed by atoms with Crippen molar-refractivity contribution < 1.29 is 9.53 Å². The Morgan fingerprint density at radius 3 is 2.83 bits per heavy atom. The average molecular weight is 250 g/mol. The van der Waals surface area contributed by atoms with Crippen LogP contribution in [-0.2, 0) is 4.74 Å². The number of aromatic nitrogens is 2. The molecule has 1 aliphatic carbocycles. The van der Waals surface area contributed by atoms with E-state index in [2.05, 4.69) is 31.0 Å². The van der Waals surface area contributed by atoms with Crippen LogP contribution in [0.15, 0.2) is 0 Å². The number of esters is 1. The summed E-state index contributed by atoms with van der Waals surface area (Å²) in [6.07, 6.45) is 2.28. The maximum absolute atomic E-state index is 11.9. The van der Waals surface area contributed by atoms with Crippen molar-refractivity contribution in [3.63, 3.8) is 0 Å². The van der Waals surface area contributed by atoms with Gasteiger partial charge in [0.2, 0.25) is 0 Å². The monoisotopic (exact) mass is 250 g/mol. The van der Waals surface area contributed by atoms with E-state index in [1.165, 1.54) is 0 Å². The van der Waals surface area contributed by atoms with E-state index in [4.69, 9.17) is 4.74 Å². The molecular weight excluding hydrogens is 228 g/mol. The van der Waals surface area contributed by atoms with Gasteiger partial charge < -0.3 is 4.74 Å². The number of nitrogens with one attached hydrogen (secondary N) is 1. The molecule has 2 unspecified atom stereocenters. The number of aromatic amines is 1. The summed E-state index contributed by atoms with van der Waals surface area (Å²) in [5, 5.41) is 7.28. The van der Waals surface area contributed by atoms with Crippen molar-refractivity contribution in [1.29, 1.82) is 0 Å². The van der Waals surface area contributed by atoms with Crippen molar-refractivity contribution in [2.45, 2.75) is 52.4 Å². The number of hydrogen-bond donors (Lipinski definition) is 1. The topological polar surface area (TPSA) is 55.0 Å². The zero-order valence-electron chi connectivity index (χ0n) is 11.6. The third kappa shape index (κ3) is 2.16. The van der Waals surface area contributed by atoms with Crippen molar-refractivity contribution in [2.75, 3.05) is 6.61 Å². The fraction of sp³-hybridized carbons (Fsp3) is 0.714. The van der Waals surface area contributed by atoms with Gasteiger partial charge in [0.25, 0.3) is 0 Å². The molecular formula is C14H22N2O2. The standard InChI is InChI=1S/C14H22N2O2/c1-5-18-14(17)13-11-9(4)6-7-10(8(2)3)12(11)15-16-13/h8-10H,5-7H2,1-4H3,(H,15,16).